The molecule has 0 radical (unpaired) electrons. The van der Waals surface area contributed by atoms with E-state index in [0.29, 0.717) is 42.7 Å². The summed E-state index contributed by atoms with van der Waals surface area (Å²) in [7, 11) is 0. The standard InChI is InChI=1S/C27H29ClFN5O3/c1-16-12-34(13-17(2)27(16,37)18-3-5-19(28)6-4-18)26(36)22-15-33(24-9-10-25(35)32-31-24)14-21(22)23-8-7-20(29)11-30-23/h3-11,16-17,21-22,37H,12-15H2,1-2H3,(H,32,35)/t16-,17+,21-,22-,27+/m1/s1. The summed E-state index contributed by atoms with van der Waals surface area (Å²) < 4.78 is 13.6. The molecule has 10 heteroatoms. The minimum absolute atomic E-state index is 0.0418. The van der Waals surface area contributed by atoms with Gasteiger partial charge in [0.15, 0.2) is 0 Å². The Labute approximate surface area is 219 Å². The van der Waals surface area contributed by atoms with E-state index < -0.39 is 17.3 Å². The minimum Gasteiger partial charge on any atom is -0.384 e. The van der Waals surface area contributed by atoms with Crippen molar-refractivity contribution in [2.75, 3.05) is 31.1 Å². The number of pyridine rings is 1. The van der Waals surface area contributed by atoms with Gasteiger partial charge in [0.25, 0.3) is 5.56 Å². The maximum Gasteiger partial charge on any atom is 0.264 e. The number of piperidine rings is 1. The van der Waals surface area contributed by atoms with Crippen molar-refractivity contribution in [3.05, 3.63) is 87.2 Å². The van der Waals surface area contributed by atoms with E-state index >= 15 is 0 Å². The number of rotatable bonds is 4. The van der Waals surface area contributed by atoms with Crippen molar-refractivity contribution in [1.29, 1.82) is 0 Å². The number of anilines is 1. The number of H-pyrrole nitrogens is 1. The fraction of sp³-hybridized carbons (Fsp3) is 0.407. The minimum atomic E-state index is -1.10. The number of hydrogen-bond acceptors (Lipinski definition) is 6. The fourth-order valence-electron chi connectivity index (χ4n) is 5.86. The van der Waals surface area contributed by atoms with Gasteiger partial charge in [0.1, 0.15) is 11.6 Å². The molecule has 0 unspecified atom stereocenters. The molecule has 0 bridgehead atoms. The molecule has 194 valence electrons. The third-order valence-corrected chi connectivity index (χ3v) is 8.12. The first-order chi connectivity index (χ1) is 17.7. The Morgan fingerprint density at radius 3 is 2.35 bits per heavy atom. The number of likely N-dealkylation sites (tertiary alicyclic amines) is 1. The van der Waals surface area contributed by atoms with Gasteiger partial charge in [-0.1, -0.05) is 37.6 Å². The van der Waals surface area contributed by atoms with Crippen molar-refractivity contribution in [3.63, 3.8) is 0 Å². The van der Waals surface area contributed by atoms with Gasteiger partial charge in [-0.3, -0.25) is 14.6 Å². The molecule has 0 aliphatic carbocycles. The molecule has 2 saturated heterocycles. The van der Waals surface area contributed by atoms with Gasteiger partial charge in [-0.2, -0.15) is 5.10 Å². The van der Waals surface area contributed by atoms with E-state index in [1.807, 2.05) is 35.8 Å². The zero-order chi connectivity index (χ0) is 26.3. The van der Waals surface area contributed by atoms with Gasteiger partial charge < -0.3 is 14.9 Å². The molecular weight excluding hydrogens is 497 g/mol. The largest absolute Gasteiger partial charge is 0.384 e. The summed E-state index contributed by atoms with van der Waals surface area (Å²) in [5.74, 6) is -1.11. The highest BCUT2D eigenvalue weighted by molar-refractivity contribution is 6.30. The molecule has 4 heterocycles. The SMILES string of the molecule is C[C@@H]1CN(C(=O)[C@@H]2CN(c3ccc(=O)[nH]n3)C[C@H]2c2ccc(F)cn2)C[C@H](C)[C@]1(O)c1ccc(Cl)cc1. The van der Waals surface area contributed by atoms with Crippen molar-refractivity contribution in [2.45, 2.75) is 25.4 Å². The van der Waals surface area contributed by atoms with E-state index in [9.17, 15) is 19.1 Å². The monoisotopic (exact) mass is 525 g/mol. The summed E-state index contributed by atoms with van der Waals surface area (Å²) >= 11 is 6.06. The molecule has 2 aromatic heterocycles. The smallest absolute Gasteiger partial charge is 0.264 e. The highest BCUT2D eigenvalue weighted by Crippen LogP contribution is 2.43. The van der Waals surface area contributed by atoms with Crippen LogP contribution in [-0.2, 0) is 10.4 Å². The fourth-order valence-corrected chi connectivity index (χ4v) is 5.99. The molecule has 1 aromatic carbocycles. The van der Waals surface area contributed by atoms with E-state index in [-0.39, 0.29) is 29.2 Å². The lowest BCUT2D eigenvalue weighted by Crippen LogP contribution is -2.57. The van der Waals surface area contributed by atoms with Gasteiger partial charge in [0.2, 0.25) is 5.91 Å². The lowest BCUT2D eigenvalue weighted by Gasteiger charge is -2.48. The second-order valence-electron chi connectivity index (χ2n) is 10.2. The number of aromatic nitrogens is 3. The number of nitrogens with zero attached hydrogens (tertiary/aromatic N) is 4. The van der Waals surface area contributed by atoms with Crippen LogP contribution in [0.4, 0.5) is 10.2 Å². The van der Waals surface area contributed by atoms with E-state index in [2.05, 4.69) is 15.2 Å². The summed E-state index contributed by atoms with van der Waals surface area (Å²) in [4.78, 5) is 33.5. The lowest BCUT2D eigenvalue weighted by atomic mass is 9.70. The van der Waals surface area contributed by atoms with Crippen molar-refractivity contribution < 1.29 is 14.3 Å². The summed E-state index contributed by atoms with van der Waals surface area (Å²) in [6.07, 6.45) is 1.16. The van der Waals surface area contributed by atoms with Crippen LogP contribution in [0.1, 0.15) is 31.0 Å². The summed E-state index contributed by atoms with van der Waals surface area (Å²) in [5.41, 5.74) is 0.00805. The molecule has 2 aliphatic heterocycles. The maximum absolute atomic E-state index is 14.0. The van der Waals surface area contributed by atoms with Gasteiger partial charge >= 0.3 is 0 Å². The molecule has 2 N–H and O–H groups in total. The van der Waals surface area contributed by atoms with E-state index in [1.165, 1.54) is 12.1 Å². The van der Waals surface area contributed by atoms with Crippen LogP contribution in [0, 0.1) is 23.6 Å². The molecule has 5 atom stereocenters. The Morgan fingerprint density at radius 1 is 1.05 bits per heavy atom. The molecule has 2 aliphatic rings. The number of aromatic amines is 1. The number of benzene rings is 1. The molecule has 8 nitrogen and oxygen atoms in total. The molecular formula is C27H29ClFN5O3. The van der Waals surface area contributed by atoms with Crippen LogP contribution < -0.4 is 10.5 Å². The summed E-state index contributed by atoms with van der Waals surface area (Å²) in [5, 5.41) is 18.9. The highest BCUT2D eigenvalue weighted by Gasteiger charge is 2.49. The Kier molecular flexibility index (Phi) is 6.76. The summed E-state index contributed by atoms with van der Waals surface area (Å²) in [6.45, 7) is 5.51. The molecule has 3 aromatic rings. The topological polar surface area (TPSA) is 102 Å². The number of halogens is 2. The van der Waals surface area contributed by atoms with Crippen LogP contribution in [0.3, 0.4) is 0 Å². The number of amides is 1. The number of carbonyl (C=O) groups excluding carboxylic acids is 1. The van der Waals surface area contributed by atoms with Gasteiger partial charge in [0.05, 0.1) is 17.7 Å². The average molecular weight is 526 g/mol. The second-order valence-corrected chi connectivity index (χ2v) is 10.6. The Morgan fingerprint density at radius 2 is 1.76 bits per heavy atom. The summed E-state index contributed by atoms with van der Waals surface area (Å²) in [6, 6.07) is 13.2. The molecule has 2 fully saturated rings. The van der Waals surface area contributed by atoms with E-state index in [0.717, 1.165) is 11.8 Å². The van der Waals surface area contributed by atoms with E-state index in [1.54, 1.807) is 24.3 Å². The molecule has 0 saturated carbocycles. The van der Waals surface area contributed by atoms with Gasteiger partial charge in [-0.15, -0.1) is 0 Å². The number of carbonyl (C=O) groups is 1. The van der Waals surface area contributed by atoms with Gasteiger partial charge in [-0.25, -0.2) is 9.49 Å². The third-order valence-electron chi connectivity index (χ3n) is 7.87. The number of aliphatic hydroxyl groups is 1. The Bertz CT molecular complexity index is 1300. The Balaban J connectivity index is 1.41. The number of nitrogens with one attached hydrogen (secondary N) is 1. The molecule has 37 heavy (non-hydrogen) atoms. The zero-order valence-corrected chi connectivity index (χ0v) is 21.4. The third kappa shape index (κ3) is 4.73. The van der Waals surface area contributed by atoms with Crippen LogP contribution in [0.5, 0.6) is 0 Å². The Hall–Kier alpha value is -3.30. The average Bonchev–Trinajstić information content (AvgIpc) is 3.33. The molecule has 0 spiro atoms. The van der Waals surface area contributed by atoms with Crippen LogP contribution in [0.2, 0.25) is 5.02 Å². The van der Waals surface area contributed by atoms with Crippen molar-refractivity contribution in [1.82, 2.24) is 20.1 Å². The predicted molar refractivity (Wildman–Crippen MR) is 138 cm³/mol. The first-order valence-corrected chi connectivity index (χ1v) is 12.7. The first kappa shape index (κ1) is 25.4. The van der Waals surface area contributed by atoms with Crippen molar-refractivity contribution in [2.24, 2.45) is 17.8 Å². The van der Waals surface area contributed by atoms with Crippen molar-refractivity contribution >= 4 is 23.3 Å². The van der Waals surface area contributed by atoms with Crippen LogP contribution in [-0.4, -0.2) is 57.3 Å². The van der Waals surface area contributed by atoms with Crippen LogP contribution in [0.15, 0.2) is 59.5 Å². The van der Waals surface area contributed by atoms with E-state index in [4.69, 9.17) is 11.6 Å². The van der Waals surface area contributed by atoms with Crippen molar-refractivity contribution in [3.8, 4) is 0 Å². The lowest BCUT2D eigenvalue weighted by molar-refractivity contribution is -0.152. The zero-order valence-electron chi connectivity index (χ0n) is 20.6. The number of hydrogen-bond donors (Lipinski definition) is 2. The molecule has 1 amide bonds. The normalized spacial score (nSPS) is 27.9. The maximum atomic E-state index is 14.0. The van der Waals surface area contributed by atoms with Gasteiger partial charge in [-0.05, 0) is 35.9 Å². The second kappa shape index (κ2) is 9.87. The van der Waals surface area contributed by atoms with Crippen LogP contribution in [0.25, 0.3) is 0 Å². The predicted octanol–water partition coefficient (Wildman–Crippen LogP) is 3.18. The molecule has 5 rings (SSSR count). The first-order valence-electron chi connectivity index (χ1n) is 12.4. The van der Waals surface area contributed by atoms with Crippen LogP contribution >= 0.6 is 11.6 Å². The quantitative estimate of drug-likeness (QED) is 0.542. The highest BCUT2D eigenvalue weighted by atomic mass is 35.5. The van der Waals surface area contributed by atoms with Gasteiger partial charge in [0, 0.05) is 60.7 Å².